The van der Waals surface area contributed by atoms with Crippen LogP contribution in [0, 0.1) is 6.92 Å². The van der Waals surface area contributed by atoms with Crippen molar-refractivity contribution in [2.75, 3.05) is 20.2 Å². The summed E-state index contributed by atoms with van der Waals surface area (Å²) in [4.78, 5) is 13.6. The van der Waals surface area contributed by atoms with Gasteiger partial charge < -0.3 is 19.8 Å². The van der Waals surface area contributed by atoms with Crippen LogP contribution in [0.4, 0.5) is 0 Å². The molecular formula is C13H22N2O3. The highest BCUT2D eigenvalue weighted by Gasteiger charge is 2.16. The lowest BCUT2D eigenvalue weighted by atomic mass is 10.2. The first kappa shape index (κ1) is 14.7. The highest BCUT2D eigenvalue weighted by Crippen LogP contribution is 2.10. The third-order valence-corrected chi connectivity index (χ3v) is 2.68. The molecule has 1 rings (SSSR count). The number of ether oxygens (including phenoxy) is 1. The molecule has 0 aliphatic heterocycles. The van der Waals surface area contributed by atoms with Gasteiger partial charge in [-0.2, -0.15) is 0 Å². The minimum Gasteiger partial charge on any atom is -0.464 e. The first-order chi connectivity index (χ1) is 8.56. The maximum Gasteiger partial charge on any atom is 0.225 e. The van der Waals surface area contributed by atoms with Crippen LogP contribution < -0.4 is 5.73 Å². The molecule has 0 radical (unpaired) electrons. The standard InChI is InChI=1S/C13H22N2O3/c1-4-17-12(8-14)7-13(16)15(3)9-11-6-5-10(2)18-11/h5-6,12H,4,7-9,14H2,1-3H3. The van der Waals surface area contributed by atoms with Gasteiger partial charge in [-0.25, -0.2) is 0 Å². The summed E-state index contributed by atoms with van der Waals surface area (Å²) in [6, 6.07) is 3.76. The summed E-state index contributed by atoms with van der Waals surface area (Å²) in [7, 11) is 1.75. The lowest BCUT2D eigenvalue weighted by Gasteiger charge is -2.20. The Bertz CT molecular complexity index is 376. The molecule has 1 aromatic heterocycles. The molecule has 0 saturated carbocycles. The van der Waals surface area contributed by atoms with Crippen LogP contribution in [0.25, 0.3) is 0 Å². The van der Waals surface area contributed by atoms with Gasteiger partial charge in [0, 0.05) is 20.2 Å². The van der Waals surface area contributed by atoms with Crippen molar-refractivity contribution < 1.29 is 13.9 Å². The predicted octanol–water partition coefficient (Wildman–Crippen LogP) is 1.30. The molecule has 1 aromatic rings. The van der Waals surface area contributed by atoms with E-state index in [1.165, 1.54) is 0 Å². The fourth-order valence-corrected chi connectivity index (χ4v) is 1.69. The maximum absolute atomic E-state index is 11.9. The zero-order valence-electron chi connectivity index (χ0n) is 11.3. The Morgan fingerprint density at radius 3 is 2.78 bits per heavy atom. The number of hydrogen-bond acceptors (Lipinski definition) is 4. The lowest BCUT2D eigenvalue weighted by Crippen LogP contribution is -2.33. The number of rotatable bonds is 7. The Labute approximate surface area is 108 Å². The van der Waals surface area contributed by atoms with Gasteiger partial charge in [0.2, 0.25) is 5.91 Å². The molecule has 18 heavy (non-hydrogen) atoms. The summed E-state index contributed by atoms with van der Waals surface area (Å²) in [5.41, 5.74) is 5.55. The number of hydrogen-bond donors (Lipinski definition) is 1. The van der Waals surface area contributed by atoms with Crippen molar-refractivity contribution in [2.24, 2.45) is 5.73 Å². The molecule has 0 aromatic carbocycles. The topological polar surface area (TPSA) is 68.7 Å². The maximum atomic E-state index is 11.9. The molecule has 102 valence electrons. The quantitative estimate of drug-likeness (QED) is 0.796. The number of furan rings is 1. The molecule has 1 heterocycles. The lowest BCUT2D eigenvalue weighted by molar-refractivity contribution is -0.133. The average Bonchev–Trinajstić information content (AvgIpc) is 2.73. The number of nitrogens with zero attached hydrogens (tertiary/aromatic N) is 1. The van der Waals surface area contributed by atoms with E-state index in [1.54, 1.807) is 11.9 Å². The molecule has 5 nitrogen and oxygen atoms in total. The molecule has 2 N–H and O–H groups in total. The summed E-state index contributed by atoms with van der Waals surface area (Å²) in [5.74, 6) is 1.64. The minimum absolute atomic E-state index is 0.00736. The molecule has 0 bridgehead atoms. The Morgan fingerprint density at radius 1 is 1.56 bits per heavy atom. The second kappa shape index (κ2) is 7.18. The zero-order chi connectivity index (χ0) is 13.5. The van der Waals surface area contributed by atoms with E-state index >= 15 is 0 Å². The van der Waals surface area contributed by atoms with E-state index < -0.39 is 0 Å². The molecule has 0 saturated heterocycles. The monoisotopic (exact) mass is 254 g/mol. The van der Waals surface area contributed by atoms with Crippen molar-refractivity contribution in [1.82, 2.24) is 4.90 Å². The normalized spacial score (nSPS) is 12.4. The van der Waals surface area contributed by atoms with Gasteiger partial charge >= 0.3 is 0 Å². The van der Waals surface area contributed by atoms with Crippen LogP contribution in [0.5, 0.6) is 0 Å². The second-order valence-electron chi connectivity index (χ2n) is 4.28. The van der Waals surface area contributed by atoms with Gasteiger partial charge in [0.15, 0.2) is 0 Å². The molecule has 0 fully saturated rings. The van der Waals surface area contributed by atoms with Crippen LogP contribution in [0.2, 0.25) is 0 Å². The van der Waals surface area contributed by atoms with Crippen molar-refractivity contribution >= 4 is 5.91 Å². The average molecular weight is 254 g/mol. The highest BCUT2D eigenvalue weighted by molar-refractivity contribution is 5.76. The van der Waals surface area contributed by atoms with Gasteiger partial charge in [0.05, 0.1) is 19.1 Å². The first-order valence-corrected chi connectivity index (χ1v) is 6.17. The van der Waals surface area contributed by atoms with Crippen LogP contribution in [0.15, 0.2) is 16.5 Å². The van der Waals surface area contributed by atoms with Crippen molar-refractivity contribution in [3.05, 3.63) is 23.7 Å². The molecule has 1 unspecified atom stereocenters. The van der Waals surface area contributed by atoms with E-state index in [0.717, 1.165) is 11.5 Å². The van der Waals surface area contributed by atoms with Crippen LogP contribution in [-0.2, 0) is 16.1 Å². The molecule has 0 aliphatic carbocycles. The predicted molar refractivity (Wildman–Crippen MR) is 69.0 cm³/mol. The van der Waals surface area contributed by atoms with Crippen LogP contribution >= 0.6 is 0 Å². The van der Waals surface area contributed by atoms with E-state index in [9.17, 15) is 4.79 Å². The van der Waals surface area contributed by atoms with E-state index in [4.69, 9.17) is 14.9 Å². The summed E-state index contributed by atoms with van der Waals surface area (Å²) in [5, 5.41) is 0. The van der Waals surface area contributed by atoms with Gasteiger partial charge in [-0.1, -0.05) is 0 Å². The fraction of sp³-hybridized carbons (Fsp3) is 0.615. The van der Waals surface area contributed by atoms with Gasteiger partial charge in [-0.15, -0.1) is 0 Å². The van der Waals surface area contributed by atoms with Gasteiger partial charge in [0.1, 0.15) is 11.5 Å². The molecule has 1 atom stereocenters. The van der Waals surface area contributed by atoms with Gasteiger partial charge in [0.25, 0.3) is 0 Å². The highest BCUT2D eigenvalue weighted by atomic mass is 16.5. The Kier molecular flexibility index (Phi) is 5.88. The molecule has 0 aliphatic rings. The molecule has 1 amide bonds. The van der Waals surface area contributed by atoms with E-state index in [-0.39, 0.29) is 12.0 Å². The fourth-order valence-electron chi connectivity index (χ4n) is 1.69. The van der Waals surface area contributed by atoms with Crippen LogP contribution in [0.1, 0.15) is 24.9 Å². The first-order valence-electron chi connectivity index (χ1n) is 6.17. The Hall–Kier alpha value is -1.33. The van der Waals surface area contributed by atoms with Crippen LogP contribution in [0.3, 0.4) is 0 Å². The molecule has 5 heteroatoms. The van der Waals surface area contributed by atoms with E-state index in [1.807, 2.05) is 26.0 Å². The second-order valence-corrected chi connectivity index (χ2v) is 4.28. The SMILES string of the molecule is CCOC(CN)CC(=O)N(C)Cc1ccc(C)o1. The smallest absolute Gasteiger partial charge is 0.225 e. The number of aryl methyl sites for hydroxylation is 1. The van der Waals surface area contributed by atoms with Gasteiger partial charge in [-0.05, 0) is 26.0 Å². The number of carbonyl (C=O) groups excluding carboxylic acids is 1. The third kappa shape index (κ3) is 4.50. The summed E-state index contributed by atoms with van der Waals surface area (Å²) >= 11 is 0. The van der Waals surface area contributed by atoms with E-state index in [2.05, 4.69) is 0 Å². The van der Waals surface area contributed by atoms with Crippen molar-refractivity contribution in [3.8, 4) is 0 Å². The Morgan fingerprint density at radius 2 is 2.28 bits per heavy atom. The van der Waals surface area contributed by atoms with Crippen LogP contribution in [-0.4, -0.2) is 37.1 Å². The third-order valence-electron chi connectivity index (χ3n) is 2.68. The number of nitrogens with two attached hydrogens (primary N) is 1. The van der Waals surface area contributed by atoms with Gasteiger partial charge in [-0.3, -0.25) is 4.79 Å². The summed E-state index contributed by atoms with van der Waals surface area (Å²) < 4.78 is 10.8. The van der Waals surface area contributed by atoms with E-state index in [0.29, 0.717) is 26.1 Å². The largest absolute Gasteiger partial charge is 0.464 e. The summed E-state index contributed by atoms with van der Waals surface area (Å²) in [6.07, 6.45) is 0.101. The molecular weight excluding hydrogens is 232 g/mol. The number of amides is 1. The summed E-state index contributed by atoms with van der Waals surface area (Å²) in [6.45, 7) is 5.16. The zero-order valence-corrected chi connectivity index (χ0v) is 11.3. The minimum atomic E-state index is -0.205. The van der Waals surface area contributed by atoms with Crippen molar-refractivity contribution in [3.63, 3.8) is 0 Å². The molecule has 0 spiro atoms. The van der Waals surface area contributed by atoms with Crippen molar-refractivity contribution in [1.29, 1.82) is 0 Å². The number of carbonyl (C=O) groups is 1. The van der Waals surface area contributed by atoms with Crippen molar-refractivity contribution in [2.45, 2.75) is 32.9 Å². The Balaban J connectivity index is 2.45.